The van der Waals surface area contributed by atoms with E-state index in [1.54, 1.807) is 6.07 Å². The van der Waals surface area contributed by atoms with Gasteiger partial charge in [0.25, 0.3) is 0 Å². The molecule has 5 rings (SSSR count). The van der Waals surface area contributed by atoms with E-state index < -0.39 is 12.5 Å². The molecular weight excluding hydrogens is 386 g/mol. The van der Waals surface area contributed by atoms with Crippen LogP contribution in [-0.4, -0.2) is 23.4 Å². The molecule has 6 atom stereocenters. The molecule has 0 aromatic heterocycles. The molecule has 0 radical (unpaired) electrons. The minimum atomic E-state index is -0.404. The molecule has 1 aliphatic heterocycles. The second-order valence-electron chi connectivity index (χ2n) is 8.73. The summed E-state index contributed by atoms with van der Waals surface area (Å²) in [6.07, 6.45) is 19.3. The maximum Gasteiger partial charge on any atom is 0.187 e. The Morgan fingerprint density at radius 3 is 2.52 bits per heavy atom. The molecule has 5 nitrogen and oxygen atoms in total. The summed E-state index contributed by atoms with van der Waals surface area (Å²) in [5, 5.41) is 17.3. The van der Waals surface area contributed by atoms with Gasteiger partial charge in [0.05, 0.1) is 6.10 Å². The van der Waals surface area contributed by atoms with Gasteiger partial charge in [0, 0.05) is 17.4 Å². The Hall–Kier alpha value is -2.89. The van der Waals surface area contributed by atoms with Gasteiger partial charge in [-0.2, -0.15) is 0 Å². The maximum absolute atomic E-state index is 10.4. The summed E-state index contributed by atoms with van der Waals surface area (Å²) in [6, 6.07) is 7.34. The molecule has 0 bridgehead atoms. The molecule has 31 heavy (non-hydrogen) atoms. The minimum Gasteiger partial charge on any atom is -0.508 e. The lowest BCUT2D eigenvalue weighted by molar-refractivity contribution is -0.0310. The Morgan fingerprint density at radius 1 is 0.968 bits per heavy atom. The average molecular weight is 416 g/mol. The Labute approximate surface area is 183 Å². The number of hydrogen-bond acceptors (Lipinski definition) is 5. The molecule has 0 spiro atoms. The maximum atomic E-state index is 10.4. The Balaban J connectivity index is 1.56. The van der Waals surface area contributed by atoms with Gasteiger partial charge >= 0.3 is 0 Å². The number of rotatable bonds is 4. The number of ether oxygens (including phenoxy) is 1. The van der Waals surface area contributed by atoms with Crippen LogP contribution in [0, 0.1) is 23.7 Å². The molecule has 3 N–H and O–H groups in total. The van der Waals surface area contributed by atoms with Crippen LogP contribution in [0.5, 0.6) is 5.75 Å². The third kappa shape index (κ3) is 3.91. The van der Waals surface area contributed by atoms with Gasteiger partial charge in [0.15, 0.2) is 6.35 Å². The molecule has 0 saturated heterocycles. The molecule has 6 unspecified atom stereocenters. The van der Waals surface area contributed by atoms with Crippen molar-refractivity contribution in [3.63, 3.8) is 0 Å². The second-order valence-corrected chi connectivity index (χ2v) is 8.73. The molecule has 4 aliphatic rings. The summed E-state index contributed by atoms with van der Waals surface area (Å²) in [5.41, 5.74) is 1.93. The normalized spacial score (nSPS) is 33.4. The highest BCUT2D eigenvalue weighted by Crippen LogP contribution is 2.44. The van der Waals surface area contributed by atoms with Crippen molar-refractivity contribution in [2.45, 2.75) is 32.5 Å². The van der Waals surface area contributed by atoms with Crippen LogP contribution in [0.25, 0.3) is 0 Å². The van der Waals surface area contributed by atoms with E-state index in [0.29, 0.717) is 17.8 Å². The highest BCUT2D eigenvalue weighted by atomic mass is 16.5. The average Bonchev–Trinajstić information content (AvgIpc) is 2.78. The zero-order valence-electron chi connectivity index (χ0n) is 17.8. The van der Waals surface area contributed by atoms with Crippen LogP contribution in [0.1, 0.15) is 25.6 Å². The van der Waals surface area contributed by atoms with Crippen molar-refractivity contribution < 1.29 is 9.84 Å². The van der Waals surface area contributed by atoms with E-state index in [1.165, 1.54) is 5.57 Å². The molecule has 1 aromatic rings. The predicted molar refractivity (Wildman–Crippen MR) is 123 cm³/mol. The summed E-state index contributed by atoms with van der Waals surface area (Å²) in [6.45, 7) is 4.02. The van der Waals surface area contributed by atoms with Gasteiger partial charge in [-0.25, -0.2) is 10.3 Å². The first-order valence-corrected chi connectivity index (χ1v) is 11.1. The Bertz CT molecular complexity index is 1020. The SMILES string of the molecule is CC(C)OC1NC(C2=CC3C=CC=CC3C3C=CC=CC23)=NC(c2ccccc2O)N1. The molecule has 5 heteroatoms. The van der Waals surface area contributed by atoms with Crippen molar-refractivity contribution in [2.75, 3.05) is 0 Å². The highest BCUT2D eigenvalue weighted by Gasteiger charge is 2.40. The Kier molecular flexibility index (Phi) is 5.38. The Morgan fingerprint density at radius 2 is 1.71 bits per heavy atom. The quantitative estimate of drug-likeness (QED) is 0.684. The number of aromatic hydroxyl groups is 1. The lowest BCUT2D eigenvalue weighted by Gasteiger charge is -2.42. The summed E-state index contributed by atoms with van der Waals surface area (Å²) in [7, 11) is 0. The van der Waals surface area contributed by atoms with Crippen molar-refractivity contribution in [3.05, 3.63) is 90.1 Å². The predicted octanol–water partition coefficient (Wildman–Crippen LogP) is 4.35. The number of phenolic OH excluding ortho intramolecular Hbond substituents is 1. The highest BCUT2D eigenvalue weighted by molar-refractivity contribution is 6.00. The van der Waals surface area contributed by atoms with E-state index in [9.17, 15) is 5.11 Å². The summed E-state index contributed by atoms with van der Waals surface area (Å²) < 4.78 is 6.08. The third-order valence-electron chi connectivity index (χ3n) is 6.32. The van der Waals surface area contributed by atoms with Crippen LogP contribution in [-0.2, 0) is 4.74 Å². The number of amidine groups is 1. The third-order valence-corrected chi connectivity index (χ3v) is 6.32. The first-order chi connectivity index (χ1) is 15.1. The van der Waals surface area contributed by atoms with E-state index in [4.69, 9.17) is 9.73 Å². The number of phenols is 1. The fraction of sp³-hybridized carbons (Fsp3) is 0.346. The van der Waals surface area contributed by atoms with E-state index >= 15 is 0 Å². The molecular formula is C26H29N3O2. The fourth-order valence-electron chi connectivity index (χ4n) is 4.95. The van der Waals surface area contributed by atoms with Crippen LogP contribution < -0.4 is 10.6 Å². The van der Waals surface area contributed by atoms with Crippen LogP contribution in [0.4, 0.5) is 0 Å². The van der Waals surface area contributed by atoms with E-state index in [0.717, 1.165) is 11.4 Å². The van der Waals surface area contributed by atoms with Gasteiger partial charge < -0.3 is 15.2 Å². The molecule has 3 aliphatic carbocycles. The molecule has 0 saturated carbocycles. The van der Waals surface area contributed by atoms with E-state index in [2.05, 4.69) is 65.3 Å². The van der Waals surface area contributed by atoms with E-state index in [1.807, 2.05) is 32.0 Å². The van der Waals surface area contributed by atoms with Crippen molar-refractivity contribution in [1.29, 1.82) is 0 Å². The molecule has 160 valence electrons. The van der Waals surface area contributed by atoms with E-state index in [-0.39, 0.29) is 17.8 Å². The van der Waals surface area contributed by atoms with Crippen molar-refractivity contribution in [3.8, 4) is 5.75 Å². The van der Waals surface area contributed by atoms with Crippen LogP contribution in [0.15, 0.2) is 89.5 Å². The number of benzene rings is 1. The zero-order chi connectivity index (χ0) is 21.4. The molecule has 0 amide bonds. The van der Waals surface area contributed by atoms with Gasteiger partial charge in [-0.3, -0.25) is 0 Å². The van der Waals surface area contributed by atoms with Crippen molar-refractivity contribution in [1.82, 2.24) is 10.6 Å². The minimum absolute atomic E-state index is 0.0377. The summed E-state index contributed by atoms with van der Waals surface area (Å²) >= 11 is 0. The lowest BCUT2D eigenvalue weighted by atomic mass is 9.64. The first-order valence-electron chi connectivity index (χ1n) is 11.1. The summed E-state index contributed by atoms with van der Waals surface area (Å²) in [4.78, 5) is 5.01. The van der Waals surface area contributed by atoms with Gasteiger partial charge in [-0.15, -0.1) is 0 Å². The number of para-hydroxylation sites is 1. The summed E-state index contributed by atoms with van der Waals surface area (Å²) in [5.74, 6) is 2.49. The van der Waals surface area contributed by atoms with Crippen LogP contribution in [0.3, 0.4) is 0 Å². The lowest BCUT2D eigenvalue weighted by Crippen LogP contribution is -2.54. The van der Waals surface area contributed by atoms with Gasteiger partial charge in [0.2, 0.25) is 0 Å². The molecule has 1 aromatic carbocycles. The largest absolute Gasteiger partial charge is 0.508 e. The fourth-order valence-corrected chi connectivity index (χ4v) is 4.95. The van der Waals surface area contributed by atoms with Crippen LogP contribution >= 0.6 is 0 Å². The smallest absolute Gasteiger partial charge is 0.187 e. The van der Waals surface area contributed by atoms with Crippen molar-refractivity contribution in [2.24, 2.45) is 28.7 Å². The number of nitrogens with zero attached hydrogens (tertiary/aromatic N) is 1. The second kappa shape index (κ2) is 8.33. The number of fused-ring (bicyclic) bond motifs is 3. The van der Waals surface area contributed by atoms with Gasteiger partial charge in [-0.05, 0) is 37.3 Å². The standard InChI is InChI=1S/C26H29N3O2/c1-16(2)31-26-28-24(21-13-7-8-14-23(21)30)27-25(29-26)22-15-17-9-3-4-10-18(17)19-11-5-6-12-20(19)22/h3-20,24,26,28,30H,1-2H3,(H,27,29). The van der Waals surface area contributed by atoms with Crippen molar-refractivity contribution >= 4 is 5.84 Å². The van der Waals surface area contributed by atoms with Gasteiger partial charge in [-0.1, -0.05) is 72.9 Å². The molecule has 1 heterocycles. The monoisotopic (exact) mass is 415 g/mol. The van der Waals surface area contributed by atoms with Gasteiger partial charge in [0.1, 0.15) is 17.8 Å². The number of hydrogen-bond donors (Lipinski definition) is 3. The first kappa shape index (κ1) is 20.0. The number of nitrogens with one attached hydrogen (secondary N) is 2. The topological polar surface area (TPSA) is 65.9 Å². The zero-order valence-corrected chi connectivity index (χ0v) is 17.8. The molecule has 0 fully saturated rings. The number of allylic oxidation sites excluding steroid dienone is 9. The van der Waals surface area contributed by atoms with Crippen LogP contribution in [0.2, 0.25) is 0 Å². The number of aliphatic imine (C=N–C) groups is 1.